The van der Waals surface area contributed by atoms with Crippen molar-refractivity contribution in [1.29, 1.82) is 0 Å². The van der Waals surface area contributed by atoms with E-state index < -0.39 is 11.2 Å². The highest BCUT2D eigenvalue weighted by atomic mass is 16.6. The maximum Gasteiger partial charge on any atom is 0.166 e. The molecule has 184 valence electrons. The zero-order chi connectivity index (χ0) is 24.2. The molecule has 2 spiro atoms. The van der Waals surface area contributed by atoms with Crippen LogP contribution in [0.2, 0.25) is 0 Å². The van der Waals surface area contributed by atoms with Gasteiger partial charge in [0.25, 0.3) is 0 Å². The van der Waals surface area contributed by atoms with Gasteiger partial charge in [-0.2, -0.15) is 0 Å². The summed E-state index contributed by atoms with van der Waals surface area (Å²) in [5, 5.41) is 11.4. The van der Waals surface area contributed by atoms with E-state index in [0.29, 0.717) is 12.6 Å². The van der Waals surface area contributed by atoms with E-state index in [4.69, 9.17) is 14.2 Å². The Balaban J connectivity index is 1.42. The monoisotopic (exact) mass is 473 g/mol. The molecule has 5 heteroatoms. The normalized spacial score (nSPS) is 38.3. The number of benzene rings is 2. The Hall–Kier alpha value is -2.34. The van der Waals surface area contributed by atoms with E-state index in [9.17, 15) is 5.11 Å². The number of methoxy groups -OCH3 is 1. The molecule has 1 saturated carbocycles. The number of hydrogen-bond acceptors (Lipinski definition) is 5. The molecule has 6 unspecified atom stereocenters. The third-order valence-corrected chi connectivity index (χ3v) is 10.1. The summed E-state index contributed by atoms with van der Waals surface area (Å²) in [6, 6.07) is 15.0. The van der Waals surface area contributed by atoms with Gasteiger partial charge in [0.2, 0.25) is 0 Å². The maximum absolute atomic E-state index is 11.4. The number of fused-ring (bicyclic) bond motifs is 1. The first-order chi connectivity index (χ1) is 16.8. The molecule has 4 bridgehead atoms. The van der Waals surface area contributed by atoms with Crippen LogP contribution in [0.3, 0.4) is 0 Å². The highest BCUT2D eigenvalue weighted by molar-refractivity contribution is 5.65. The fourth-order valence-corrected chi connectivity index (χ4v) is 8.69. The molecule has 35 heavy (non-hydrogen) atoms. The number of likely N-dealkylation sites (N-methyl/N-ethyl adjacent to an activating group) is 1. The van der Waals surface area contributed by atoms with E-state index in [2.05, 4.69) is 48.4 Å². The lowest BCUT2D eigenvalue weighted by molar-refractivity contribution is -0.243. The third kappa shape index (κ3) is 2.49. The van der Waals surface area contributed by atoms with Gasteiger partial charge in [-0.05, 0) is 63.9 Å². The molecule has 2 aromatic carbocycles. The van der Waals surface area contributed by atoms with Crippen molar-refractivity contribution in [2.24, 2.45) is 11.3 Å². The third-order valence-electron chi connectivity index (χ3n) is 10.1. The van der Waals surface area contributed by atoms with Crippen LogP contribution in [0.4, 0.5) is 0 Å². The van der Waals surface area contributed by atoms with Gasteiger partial charge >= 0.3 is 0 Å². The van der Waals surface area contributed by atoms with Crippen molar-refractivity contribution in [3.05, 3.63) is 71.3 Å². The first kappa shape index (κ1) is 21.9. The Kier molecular flexibility index (Phi) is 4.32. The van der Waals surface area contributed by atoms with Crippen LogP contribution in [-0.4, -0.2) is 54.1 Å². The van der Waals surface area contributed by atoms with Crippen molar-refractivity contribution < 1.29 is 19.3 Å². The molecule has 2 aromatic rings. The number of aliphatic hydroxyl groups is 1. The van der Waals surface area contributed by atoms with Gasteiger partial charge in [0.15, 0.2) is 11.5 Å². The molecule has 1 N–H and O–H groups in total. The number of hydrogen-bond donors (Lipinski definition) is 1. The lowest BCUT2D eigenvalue weighted by Gasteiger charge is -2.72. The number of likely N-dealkylation sites (tertiary alicyclic amines) is 1. The van der Waals surface area contributed by atoms with E-state index in [1.165, 1.54) is 11.1 Å². The lowest BCUT2D eigenvalue weighted by Crippen LogP contribution is -2.80. The molecule has 4 aliphatic carbocycles. The van der Waals surface area contributed by atoms with E-state index >= 15 is 0 Å². The quantitative estimate of drug-likeness (QED) is 0.658. The summed E-state index contributed by atoms with van der Waals surface area (Å²) in [6.07, 6.45) is 7.40. The predicted octanol–water partition coefficient (Wildman–Crippen LogP) is 4.26. The summed E-state index contributed by atoms with van der Waals surface area (Å²) >= 11 is 0. The molecule has 2 fully saturated rings. The van der Waals surface area contributed by atoms with Crippen molar-refractivity contribution in [2.45, 2.75) is 68.5 Å². The first-order valence-corrected chi connectivity index (χ1v) is 12.9. The van der Waals surface area contributed by atoms with Crippen molar-refractivity contribution in [3.63, 3.8) is 0 Å². The summed E-state index contributed by atoms with van der Waals surface area (Å²) in [4.78, 5) is 2.54. The second-order valence-electron chi connectivity index (χ2n) is 12.0. The summed E-state index contributed by atoms with van der Waals surface area (Å²) < 4.78 is 19.9. The second kappa shape index (κ2) is 6.90. The minimum Gasteiger partial charge on any atom is -0.485 e. The average molecular weight is 474 g/mol. The van der Waals surface area contributed by atoms with Gasteiger partial charge in [0.1, 0.15) is 18.3 Å². The molecule has 6 atom stereocenters. The van der Waals surface area contributed by atoms with Gasteiger partial charge in [0, 0.05) is 30.0 Å². The zero-order valence-corrected chi connectivity index (χ0v) is 21.1. The van der Waals surface area contributed by atoms with E-state index in [1.807, 2.05) is 32.0 Å². The van der Waals surface area contributed by atoms with Crippen LogP contribution in [0.5, 0.6) is 11.5 Å². The Morgan fingerprint density at radius 1 is 1.14 bits per heavy atom. The van der Waals surface area contributed by atoms with Crippen LogP contribution in [0.25, 0.3) is 0 Å². The minimum atomic E-state index is -0.896. The number of piperidine rings is 1. The van der Waals surface area contributed by atoms with E-state index in [1.54, 1.807) is 7.11 Å². The highest BCUT2D eigenvalue weighted by Crippen LogP contribution is 2.75. The molecule has 2 aliphatic heterocycles. The first-order valence-electron chi connectivity index (χ1n) is 12.9. The topological polar surface area (TPSA) is 51.2 Å². The Morgan fingerprint density at radius 2 is 1.94 bits per heavy atom. The fraction of sp³-hybridized carbons (Fsp3) is 0.533. The molecule has 2 heterocycles. The van der Waals surface area contributed by atoms with Gasteiger partial charge in [-0.15, -0.1) is 0 Å². The Bertz CT molecular complexity index is 1220. The van der Waals surface area contributed by atoms with Gasteiger partial charge in [-0.1, -0.05) is 48.6 Å². The van der Waals surface area contributed by atoms with Crippen molar-refractivity contribution >= 4 is 0 Å². The van der Waals surface area contributed by atoms with Crippen LogP contribution in [-0.2, 0) is 23.2 Å². The second-order valence-corrected chi connectivity index (χ2v) is 12.0. The van der Waals surface area contributed by atoms with Crippen LogP contribution in [0.1, 0.15) is 43.4 Å². The van der Waals surface area contributed by atoms with E-state index in [-0.39, 0.29) is 22.9 Å². The standard InChI is InChI=1S/C30H35NO4/c1-27(2,32)22-17-28-12-13-30(22,33-4)26-29(28)14-15-31(3)23(28)16-20-10-11-21(25(35-26)24(20)29)34-18-19-8-6-5-7-9-19/h5-13,22-23,26,32H,14-18H2,1-4H3. The zero-order valence-electron chi connectivity index (χ0n) is 21.1. The summed E-state index contributed by atoms with van der Waals surface area (Å²) in [5.41, 5.74) is 2.00. The number of nitrogens with zero attached hydrogens (tertiary/aromatic N) is 1. The fourth-order valence-electron chi connectivity index (χ4n) is 8.69. The average Bonchev–Trinajstić information content (AvgIpc) is 3.22. The molecule has 0 aromatic heterocycles. The van der Waals surface area contributed by atoms with Gasteiger partial charge in [0.05, 0.1) is 11.0 Å². The Labute approximate surface area is 207 Å². The molecule has 1 saturated heterocycles. The van der Waals surface area contributed by atoms with Gasteiger partial charge in [-0.25, -0.2) is 0 Å². The highest BCUT2D eigenvalue weighted by Gasteiger charge is 2.80. The van der Waals surface area contributed by atoms with Gasteiger partial charge in [-0.3, -0.25) is 0 Å². The molecular weight excluding hydrogens is 438 g/mol. The molecule has 0 amide bonds. The molecular formula is C30H35NO4. The molecule has 5 nitrogen and oxygen atoms in total. The van der Waals surface area contributed by atoms with Crippen LogP contribution in [0, 0.1) is 11.3 Å². The number of rotatable bonds is 5. The molecule has 8 rings (SSSR count). The largest absolute Gasteiger partial charge is 0.485 e. The predicted molar refractivity (Wildman–Crippen MR) is 134 cm³/mol. The van der Waals surface area contributed by atoms with Crippen molar-refractivity contribution in [3.8, 4) is 11.5 Å². The SMILES string of the molecule is COC12C=CC3(CC1C(C)(C)O)C1Cc4ccc(OCc5ccccc5)c5c4C3(CCN1C)C2O5. The number of ether oxygens (including phenoxy) is 3. The van der Waals surface area contributed by atoms with Crippen molar-refractivity contribution in [2.75, 3.05) is 20.7 Å². The summed E-state index contributed by atoms with van der Waals surface area (Å²) in [5.74, 6) is 1.65. The lowest BCUT2D eigenvalue weighted by atomic mass is 9.36. The van der Waals surface area contributed by atoms with Gasteiger partial charge < -0.3 is 24.2 Å². The Morgan fingerprint density at radius 3 is 2.69 bits per heavy atom. The molecule has 6 aliphatic rings. The smallest absolute Gasteiger partial charge is 0.166 e. The van der Waals surface area contributed by atoms with Crippen LogP contribution >= 0.6 is 0 Å². The maximum atomic E-state index is 11.4. The minimum absolute atomic E-state index is 0.0679. The van der Waals surface area contributed by atoms with Crippen LogP contribution in [0.15, 0.2) is 54.6 Å². The summed E-state index contributed by atoms with van der Waals surface area (Å²) in [7, 11) is 4.05. The molecule has 0 radical (unpaired) electrons. The summed E-state index contributed by atoms with van der Waals surface area (Å²) in [6.45, 7) is 5.40. The van der Waals surface area contributed by atoms with Crippen molar-refractivity contribution in [1.82, 2.24) is 4.90 Å². The van der Waals surface area contributed by atoms with E-state index in [0.717, 1.165) is 42.9 Å². The van der Waals surface area contributed by atoms with Crippen LogP contribution < -0.4 is 9.47 Å².